The lowest BCUT2D eigenvalue weighted by molar-refractivity contribution is 0.588. The van der Waals surface area contributed by atoms with Crippen LogP contribution >= 0.6 is 0 Å². The number of benzene rings is 1. The van der Waals surface area contributed by atoms with E-state index in [1.165, 1.54) is 7.05 Å². The molecule has 0 saturated carbocycles. The molecule has 0 fully saturated rings. The van der Waals surface area contributed by atoms with Crippen LogP contribution in [-0.2, 0) is 29.5 Å². The number of aryl methyl sites for hydroxylation is 1. The van der Waals surface area contributed by atoms with E-state index in [2.05, 4.69) is 30.5 Å². The fraction of sp³-hybridized carbons (Fsp3) is 0.438. The topological polar surface area (TPSA) is 113 Å². The molecule has 2 rings (SSSR count). The molecule has 1 aromatic carbocycles. The molecule has 26 heavy (non-hydrogen) atoms. The van der Waals surface area contributed by atoms with E-state index in [0.29, 0.717) is 19.0 Å². The Morgan fingerprint density at radius 2 is 1.96 bits per heavy atom. The third-order valence-electron chi connectivity index (χ3n) is 3.84. The molecule has 10 heteroatoms. The standard InChI is InChI=1S/C16H25N7O2S/c1-4-15-22-21-12-23(15)10-9-19-16(17-2)20-11-13-5-7-14(8-6-13)26(24,25)18-3/h5-8,12,18H,4,9-11H2,1-3H3,(H2,17,19,20). The second-order valence-corrected chi connectivity index (χ2v) is 7.38. The maximum atomic E-state index is 11.7. The maximum Gasteiger partial charge on any atom is 0.240 e. The Morgan fingerprint density at radius 3 is 2.58 bits per heavy atom. The van der Waals surface area contributed by atoms with Gasteiger partial charge in [0, 0.05) is 33.1 Å². The Labute approximate surface area is 154 Å². The van der Waals surface area contributed by atoms with Gasteiger partial charge in [0.1, 0.15) is 12.2 Å². The maximum absolute atomic E-state index is 11.7. The van der Waals surface area contributed by atoms with Crippen LogP contribution in [0, 0.1) is 0 Å². The van der Waals surface area contributed by atoms with Gasteiger partial charge in [0.2, 0.25) is 10.0 Å². The molecule has 9 nitrogen and oxygen atoms in total. The molecule has 0 radical (unpaired) electrons. The van der Waals surface area contributed by atoms with Crippen LogP contribution in [0.5, 0.6) is 0 Å². The van der Waals surface area contributed by atoms with Gasteiger partial charge in [0.25, 0.3) is 0 Å². The Hall–Kier alpha value is -2.46. The van der Waals surface area contributed by atoms with Crippen molar-refractivity contribution in [2.45, 2.75) is 31.3 Å². The largest absolute Gasteiger partial charge is 0.355 e. The van der Waals surface area contributed by atoms with Crippen LogP contribution in [0.3, 0.4) is 0 Å². The zero-order valence-corrected chi connectivity index (χ0v) is 16.0. The summed E-state index contributed by atoms with van der Waals surface area (Å²) in [6.45, 7) is 4.01. The molecule has 2 aromatic rings. The predicted molar refractivity (Wildman–Crippen MR) is 100 cm³/mol. The lowest BCUT2D eigenvalue weighted by Gasteiger charge is -2.13. The minimum Gasteiger partial charge on any atom is -0.355 e. The monoisotopic (exact) mass is 379 g/mol. The summed E-state index contributed by atoms with van der Waals surface area (Å²) < 4.78 is 27.7. The highest BCUT2D eigenvalue weighted by atomic mass is 32.2. The van der Waals surface area contributed by atoms with Crippen molar-refractivity contribution in [1.82, 2.24) is 30.1 Å². The van der Waals surface area contributed by atoms with Crippen LogP contribution in [0.2, 0.25) is 0 Å². The van der Waals surface area contributed by atoms with Gasteiger partial charge in [-0.25, -0.2) is 13.1 Å². The Morgan fingerprint density at radius 1 is 1.23 bits per heavy atom. The van der Waals surface area contributed by atoms with Gasteiger partial charge in [0.15, 0.2) is 5.96 Å². The molecule has 0 amide bonds. The van der Waals surface area contributed by atoms with Gasteiger partial charge < -0.3 is 15.2 Å². The summed E-state index contributed by atoms with van der Waals surface area (Å²) in [7, 11) is -0.314. The quantitative estimate of drug-likeness (QED) is 0.443. The van der Waals surface area contributed by atoms with Crippen LogP contribution in [0.15, 0.2) is 40.5 Å². The second kappa shape index (κ2) is 9.30. The summed E-state index contributed by atoms with van der Waals surface area (Å²) in [6.07, 6.45) is 2.56. The van der Waals surface area contributed by atoms with E-state index in [4.69, 9.17) is 0 Å². The predicted octanol–water partition coefficient (Wildman–Crippen LogP) is 0.114. The average molecular weight is 379 g/mol. The molecule has 0 aliphatic carbocycles. The smallest absolute Gasteiger partial charge is 0.240 e. The molecule has 0 aliphatic heterocycles. The van der Waals surface area contributed by atoms with Crippen LogP contribution < -0.4 is 15.4 Å². The summed E-state index contributed by atoms with van der Waals surface area (Å²) in [4.78, 5) is 4.43. The van der Waals surface area contributed by atoms with Gasteiger partial charge in [-0.15, -0.1) is 10.2 Å². The van der Waals surface area contributed by atoms with Crippen LogP contribution in [0.25, 0.3) is 0 Å². The van der Waals surface area contributed by atoms with E-state index in [-0.39, 0.29) is 4.90 Å². The van der Waals surface area contributed by atoms with Crippen molar-refractivity contribution in [3.8, 4) is 0 Å². The van der Waals surface area contributed by atoms with Crippen LogP contribution in [-0.4, -0.2) is 49.8 Å². The number of nitrogens with zero attached hydrogens (tertiary/aromatic N) is 4. The number of hydrogen-bond acceptors (Lipinski definition) is 5. The molecule has 0 spiro atoms. The Balaban J connectivity index is 1.83. The minimum absolute atomic E-state index is 0.243. The zero-order valence-electron chi connectivity index (χ0n) is 15.2. The van der Waals surface area contributed by atoms with E-state index in [1.807, 2.05) is 11.5 Å². The normalized spacial score (nSPS) is 12.2. The number of hydrogen-bond donors (Lipinski definition) is 3. The van der Waals surface area contributed by atoms with Crippen molar-refractivity contribution >= 4 is 16.0 Å². The molecule has 3 N–H and O–H groups in total. The van der Waals surface area contributed by atoms with Crippen molar-refractivity contribution < 1.29 is 8.42 Å². The molecular weight excluding hydrogens is 354 g/mol. The van der Waals surface area contributed by atoms with E-state index in [9.17, 15) is 8.42 Å². The van der Waals surface area contributed by atoms with Crippen molar-refractivity contribution in [3.05, 3.63) is 42.0 Å². The van der Waals surface area contributed by atoms with E-state index >= 15 is 0 Å². The van der Waals surface area contributed by atoms with Crippen molar-refractivity contribution in [3.63, 3.8) is 0 Å². The van der Waals surface area contributed by atoms with E-state index < -0.39 is 10.0 Å². The number of nitrogens with one attached hydrogen (secondary N) is 3. The number of aromatic nitrogens is 3. The number of rotatable bonds is 8. The van der Waals surface area contributed by atoms with Crippen LogP contribution in [0.4, 0.5) is 0 Å². The third kappa shape index (κ3) is 5.27. The average Bonchev–Trinajstić information content (AvgIpc) is 3.12. The van der Waals surface area contributed by atoms with Gasteiger partial charge in [0.05, 0.1) is 4.90 Å². The molecule has 1 heterocycles. The number of guanidine groups is 1. The Bertz CT molecular complexity index is 829. The lowest BCUT2D eigenvalue weighted by Crippen LogP contribution is -2.38. The van der Waals surface area contributed by atoms with Gasteiger partial charge in [-0.3, -0.25) is 4.99 Å². The molecular formula is C16H25N7O2S. The molecule has 142 valence electrons. The first-order valence-electron chi connectivity index (χ1n) is 8.33. The SMILES string of the molecule is CCc1nncn1CCNC(=NC)NCc1ccc(S(=O)(=O)NC)cc1. The van der Waals surface area contributed by atoms with Gasteiger partial charge >= 0.3 is 0 Å². The summed E-state index contributed by atoms with van der Waals surface area (Å²) in [5.74, 6) is 1.62. The number of sulfonamides is 1. The summed E-state index contributed by atoms with van der Waals surface area (Å²) in [5.41, 5.74) is 0.954. The van der Waals surface area contributed by atoms with Crippen molar-refractivity contribution in [1.29, 1.82) is 0 Å². The van der Waals surface area contributed by atoms with Crippen molar-refractivity contribution in [2.75, 3.05) is 20.6 Å². The summed E-state index contributed by atoms with van der Waals surface area (Å²) >= 11 is 0. The zero-order chi connectivity index (χ0) is 19.0. The molecule has 1 aromatic heterocycles. The fourth-order valence-electron chi connectivity index (χ4n) is 2.34. The molecule has 0 aliphatic rings. The highest BCUT2D eigenvalue weighted by Gasteiger charge is 2.10. The number of aliphatic imine (C=N–C) groups is 1. The molecule has 0 saturated heterocycles. The van der Waals surface area contributed by atoms with Crippen LogP contribution in [0.1, 0.15) is 18.3 Å². The summed E-state index contributed by atoms with van der Waals surface area (Å²) in [5, 5.41) is 14.4. The van der Waals surface area contributed by atoms with Gasteiger partial charge in [-0.2, -0.15) is 0 Å². The highest BCUT2D eigenvalue weighted by molar-refractivity contribution is 7.89. The van der Waals surface area contributed by atoms with Gasteiger partial charge in [-0.05, 0) is 24.7 Å². The molecule has 0 atom stereocenters. The summed E-state index contributed by atoms with van der Waals surface area (Å²) in [6, 6.07) is 6.71. The van der Waals surface area contributed by atoms with Crippen molar-refractivity contribution in [2.24, 2.45) is 4.99 Å². The molecule has 0 unspecified atom stereocenters. The lowest BCUT2D eigenvalue weighted by atomic mass is 10.2. The fourth-order valence-corrected chi connectivity index (χ4v) is 3.08. The second-order valence-electron chi connectivity index (χ2n) is 5.50. The highest BCUT2D eigenvalue weighted by Crippen LogP contribution is 2.09. The Kier molecular flexibility index (Phi) is 7.10. The van der Waals surface area contributed by atoms with E-state index in [0.717, 1.165) is 24.4 Å². The first kappa shape index (κ1) is 19.9. The third-order valence-corrected chi connectivity index (χ3v) is 5.27. The molecule has 0 bridgehead atoms. The van der Waals surface area contributed by atoms with Gasteiger partial charge in [-0.1, -0.05) is 19.1 Å². The minimum atomic E-state index is -3.41. The van der Waals surface area contributed by atoms with E-state index in [1.54, 1.807) is 37.6 Å². The first-order valence-corrected chi connectivity index (χ1v) is 9.82. The first-order chi connectivity index (χ1) is 12.5.